The molecule has 0 bridgehead atoms. The number of ether oxygens (including phenoxy) is 1. The molecule has 1 aliphatic heterocycles. The van der Waals surface area contributed by atoms with Gasteiger partial charge in [-0.3, -0.25) is 4.79 Å². The third-order valence-electron chi connectivity index (χ3n) is 4.46. The zero-order valence-corrected chi connectivity index (χ0v) is 14.7. The highest BCUT2D eigenvalue weighted by molar-refractivity contribution is 6.03. The van der Waals surface area contributed by atoms with Crippen molar-refractivity contribution in [2.75, 3.05) is 7.11 Å². The summed E-state index contributed by atoms with van der Waals surface area (Å²) < 4.78 is 5.20. The maximum Gasteiger partial charge on any atom is 0.242 e. The summed E-state index contributed by atoms with van der Waals surface area (Å²) in [5.41, 5.74) is 3.65. The van der Waals surface area contributed by atoms with E-state index < -0.39 is 0 Å². The van der Waals surface area contributed by atoms with E-state index in [0.29, 0.717) is 24.2 Å². The normalized spacial score (nSPS) is 16.7. The Bertz CT molecular complexity index is 812. The number of carbonyl (C=O) groups excluding carboxylic acids is 1. The van der Waals surface area contributed by atoms with Crippen molar-refractivity contribution in [3.63, 3.8) is 0 Å². The number of hydrazone groups is 1. The number of nitrogens with zero attached hydrogens (tertiary/aromatic N) is 2. The fourth-order valence-corrected chi connectivity index (χ4v) is 3.04. The van der Waals surface area contributed by atoms with Crippen LogP contribution in [0.4, 0.5) is 0 Å². The zero-order chi connectivity index (χ0) is 18.0. The first-order valence-electron chi connectivity index (χ1n) is 8.37. The molecule has 1 atom stereocenters. The minimum absolute atomic E-state index is 0.0595. The molecule has 2 aromatic carbocycles. The lowest BCUT2D eigenvalue weighted by Crippen LogP contribution is -2.26. The van der Waals surface area contributed by atoms with Gasteiger partial charge in [-0.05, 0) is 18.6 Å². The third kappa shape index (κ3) is 3.22. The Hall–Kier alpha value is -2.82. The molecule has 0 saturated heterocycles. The molecule has 1 amide bonds. The number of para-hydroxylation sites is 1. The maximum absolute atomic E-state index is 12.4. The number of methoxy groups -OCH3 is 1. The molecule has 25 heavy (non-hydrogen) atoms. The molecule has 0 spiro atoms. The van der Waals surface area contributed by atoms with Crippen molar-refractivity contribution < 1.29 is 14.6 Å². The fourth-order valence-electron chi connectivity index (χ4n) is 3.04. The van der Waals surface area contributed by atoms with E-state index in [-0.39, 0.29) is 17.7 Å². The number of amides is 1. The number of phenolic OH excluding ortho intramolecular Hbond substituents is 1. The lowest BCUT2D eigenvalue weighted by Gasteiger charge is -2.22. The first-order valence-corrected chi connectivity index (χ1v) is 8.37. The molecule has 0 radical (unpaired) electrons. The second-order valence-electron chi connectivity index (χ2n) is 6.12. The van der Waals surface area contributed by atoms with E-state index in [2.05, 4.69) is 5.10 Å². The number of hydrogen-bond donors (Lipinski definition) is 1. The highest BCUT2D eigenvalue weighted by atomic mass is 16.5. The van der Waals surface area contributed by atoms with Crippen LogP contribution in [0.25, 0.3) is 0 Å². The topological polar surface area (TPSA) is 62.1 Å². The van der Waals surface area contributed by atoms with Gasteiger partial charge in [-0.2, -0.15) is 5.10 Å². The van der Waals surface area contributed by atoms with Crippen LogP contribution in [0.2, 0.25) is 0 Å². The summed E-state index contributed by atoms with van der Waals surface area (Å²) in [6.07, 6.45) is 0.904. The minimum Gasteiger partial charge on any atom is -0.504 e. The molecule has 0 aromatic heterocycles. The number of rotatable bonds is 4. The summed E-state index contributed by atoms with van der Waals surface area (Å²) in [5.74, 6) is 0.378. The van der Waals surface area contributed by atoms with Crippen LogP contribution in [0.1, 0.15) is 42.5 Å². The Morgan fingerprint density at radius 3 is 2.64 bits per heavy atom. The van der Waals surface area contributed by atoms with E-state index in [4.69, 9.17) is 4.74 Å². The van der Waals surface area contributed by atoms with E-state index in [0.717, 1.165) is 11.3 Å². The molecular weight excluding hydrogens is 316 g/mol. The number of aromatic hydroxyl groups is 1. The molecule has 5 heteroatoms. The quantitative estimate of drug-likeness (QED) is 0.922. The van der Waals surface area contributed by atoms with Gasteiger partial charge in [0.1, 0.15) is 0 Å². The molecular formula is C20H22N2O3. The summed E-state index contributed by atoms with van der Waals surface area (Å²) in [4.78, 5) is 12.4. The van der Waals surface area contributed by atoms with Gasteiger partial charge in [0, 0.05) is 18.4 Å². The molecule has 0 unspecified atom stereocenters. The van der Waals surface area contributed by atoms with Crippen molar-refractivity contribution in [1.82, 2.24) is 5.01 Å². The Morgan fingerprint density at radius 2 is 2.00 bits per heavy atom. The number of hydrogen-bond acceptors (Lipinski definition) is 4. The van der Waals surface area contributed by atoms with Crippen LogP contribution in [0.3, 0.4) is 0 Å². The molecule has 130 valence electrons. The van der Waals surface area contributed by atoms with Gasteiger partial charge in [0.25, 0.3) is 0 Å². The van der Waals surface area contributed by atoms with Gasteiger partial charge in [-0.1, -0.05) is 48.9 Å². The summed E-state index contributed by atoms with van der Waals surface area (Å²) >= 11 is 0. The SMILES string of the molecule is CCC(=O)N1N=C(c2ccc(C)cc2)C[C@H]1c1cccc(OC)c1O. The van der Waals surface area contributed by atoms with Gasteiger partial charge in [0.05, 0.1) is 18.9 Å². The highest BCUT2D eigenvalue weighted by Crippen LogP contribution is 2.41. The number of aryl methyl sites for hydroxylation is 1. The van der Waals surface area contributed by atoms with Crippen LogP contribution in [-0.2, 0) is 4.79 Å². The number of phenols is 1. The Labute approximate surface area is 147 Å². The molecule has 1 N–H and O–H groups in total. The minimum atomic E-state index is -0.334. The van der Waals surface area contributed by atoms with Crippen molar-refractivity contribution in [3.8, 4) is 11.5 Å². The summed E-state index contributed by atoms with van der Waals surface area (Å²) in [5, 5.41) is 16.6. The molecule has 1 heterocycles. The summed E-state index contributed by atoms with van der Waals surface area (Å²) in [7, 11) is 1.51. The molecule has 2 aromatic rings. The van der Waals surface area contributed by atoms with E-state index in [1.54, 1.807) is 6.07 Å². The van der Waals surface area contributed by atoms with Crippen molar-refractivity contribution in [2.24, 2.45) is 5.10 Å². The van der Waals surface area contributed by atoms with Gasteiger partial charge in [-0.15, -0.1) is 0 Å². The van der Waals surface area contributed by atoms with Crippen molar-refractivity contribution in [1.29, 1.82) is 0 Å². The van der Waals surface area contributed by atoms with Crippen molar-refractivity contribution in [2.45, 2.75) is 32.7 Å². The lowest BCUT2D eigenvalue weighted by atomic mass is 9.97. The summed E-state index contributed by atoms with van der Waals surface area (Å²) in [6.45, 7) is 3.84. The van der Waals surface area contributed by atoms with Crippen LogP contribution in [0, 0.1) is 6.92 Å². The van der Waals surface area contributed by atoms with Crippen molar-refractivity contribution in [3.05, 3.63) is 59.2 Å². The molecule has 5 nitrogen and oxygen atoms in total. The second-order valence-corrected chi connectivity index (χ2v) is 6.12. The van der Waals surface area contributed by atoms with Crippen LogP contribution in [0.5, 0.6) is 11.5 Å². The number of carbonyl (C=O) groups is 1. The smallest absolute Gasteiger partial charge is 0.242 e. The standard InChI is InChI=1S/C20H22N2O3/c1-4-19(23)22-17(15-6-5-7-18(25-3)20(15)24)12-16(21-22)14-10-8-13(2)9-11-14/h5-11,17,24H,4,12H2,1-3H3/t17-/m0/s1. The van der Waals surface area contributed by atoms with Crippen LogP contribution < -0.4 is 4.74 Å². The predicted molar refractivity (Wildman–Crippen MR) is 96.9 cm³/mol. The van der Waals surface area contributed by atoms with Crippen LogP contribution >= 0.6 is 0 Å². The molecule has 0 saturated carbocycles. The van der Waals surface area contributed by atoms with Gasteiger partial charge < -0.3 is 9.84 Å². The van der Waals surface area contributed by atoms with E-state index in [1.165, 1.54) is 17.7 Å². The highest BCUT2D eigenvalue weighted by Gasteiger charge is 2.34. The average Bonchev–Trinajstić information content (AvgIpc) is 3.07. The van der Waals surface area contributed by atoms with E-state index in [9.17, 15) is 9.90 Å². The molecule has 3 rings (SSSR count). The molecule has 1 aliphatic rings. The zero-order valence-electron chi connectivity index (χ0n) is 14.7. The van der Waals surface area contributed by atoms with E-state index in [1.807, 2.05) is 50.2 Å². The fraction of sp³-hybridized carbons (Fsp3) is 0.300. The monoisotopic (exact) mass is 338 g/mol. The first kappa shape index (κ1) is 17.0. The van der Waals surface area contributed by atoms with Crippen LogP contribution in [0.15, 0.2) is 47.6 Å². The van der Waals surface area contributed by atoms with Gasteiger partial charge in [-0.25, -0.2) is 5.01 Å². The average molecular weight is 338 g/mol. The summed E-state index contributed by atoms with van der Waals surface area (Å²) in [6, 6.07) is 13.1. The van der Waals surface area contributed by atoms with E-state index >= 15 is 0 Å². The Balaban J connectivity index is 2.00. The largest absolute Gasteiger partial charge is 0.504 e. The van der Waals surface area contributed by atoms with Crippen molar-refractivity contribution >= 4 is 11.6 Å². The Morgan fingerprint density at radius 1 is 1.28 bits per heavy atom. The maximum atomic E-state index is 12.4. The van der Waals surface area contributed by atoms with Gasteiger partial charge in [0.15, 0.2) is 11.5 Å². The van der Waals surface area contributed by atoms with Crippen LogP contribution in [-0.4, -0.2) is 28.8 Å². The number of benzene rings is 2. The lowest BCUT2D eigenvalue weighted by molar-refractivity contribution is -0.132. The van der Waals surface area contributed by atoms with Gasteiger partial charge in [0.2, 0.25) is 5.91 Å². The molecule has 0 fully saturated rings. The molecule has 0 aliphatic carbocycles. The third-order valence-corrected chi connectivity index (χ3v) is 4.46. The Kier molecular flexibility index (Phi) is 4.74. The van der Waals surface area contributed by atoms with Gasteiger partial charge >= 0.3 is 0 Å². The predicted octanol–water partition coefficient (Wildman–Crippen LogP) is 3.80. The second kappa shape index (κ2) is 6.97. The first-order chi connectivity index (χ1) is 12.0.